The Morgan fingerprint density at radius 3 is 2.94 bits per heavy atom. The molecule has 0 amide bonds. The Morgan fingerprint density at radius 2 is 2.18 bits per heavy atom. The molecule has 0 bridgehead atoms. The first-order valence-electron chi connectivity index (χ1n) is 6.41. The van der Waals surface area contributed by atoms with Gasteiger partial charge in [0.05, 0.1) is 11.6 Å². The first-order chi connectivity index (χ1) is 8.36. The number of unbranched alkanes of at least 4 members (excludes halogenated alkanes) is 1. The molecule has 0 atom stereocenters. The summed E-state index contributed by atoms with van der Waals surface area (Å²) in [5.74, 6) is 0. The molecule has 0 saturated heterocycles. The molecule has 0 aliphatic heterocycles. The Hall–Kier alpha value is -1.58. The molecular formula is C13H20N4. The molecule has 0 saturated carbocycles. The zero-order chi connectivity index (χ0) is 12.1. The molecule has 4 heteroatoms. The number of hydrogen-bond acceptors (Lipinski definition) is 3. The van der Waals surface area contributed by atoms with Crippen molar-refractivity contribution in [2.24, 2.45) is 0 Å². The predicted molar refractivity (Wildman–Crippen MR) is 71.2 cm³/mol. The lowest BCUT2D eigenvalue weighted by atomic mass is 10.3. The average molecular weight is 232 g/mol. The maximum atomic E-state index is 4.42. The highest BCUT2D eigenvalue weighted by atomic mass is 15.3. The van der Waals surface area contributed by atoms with E-state index in [0.29, 0.717) is 0 Å². The Bertz CT molecular complexity index is 475. The third-order valence-corrected chi connectivity index (χ3v) is 2.83. The fourth-order valence-corrected chi connectivity index (χ4v) is 1.86. The fraction of sp³-hybridized carbons (Fsp3) is 0.538. The van der Waals surface area contributed by atoms with Crippen molar-refractivity contribution >= 4 is 16.7 Å². The number of fused-ring (bicyclic) bond motifs is 1. The molecule has 0 spiro atoms. The van der Waals surface area contributed by atoms with Crippen molar-refractivity contribution in [3.05, 3.63) is 18.5 Å². The highest BCUT2D eigenvalue weighted by molar-refractivity contribution is 5.88. The molecule has 92 valence electrons. The Kier molecular flexibility index (Phi) is 3.96. The van der Waals surface area contributed by atoms with Gasteiger partial charge in [-0.15, -0.1) is 0 Å². The van der Waals surface area contributed by atoms with Gasteiger partial charge in [0.25, 0.3) is 0 Å². The summed E-state index contributed by atoms with van der Waals surface area (Å²) in [6.45, 7) is 6.28. The number of nitrogens with one attached hydrogen (secondary N) is 1. The molecule has 4 nitrogen and oxygen atoms in total. The lowest BCUT2D eigenvalue weighted by Crippen LogP contribution is -2.02. The SMILES string of the molecule is CCCCn1ncc2c(NCCC)ccnc21. The molecule has 0 aliphatic rings. The van der Waals surface area contributed by atoms with Crippen molar-refractivity contribution in [3.8, 4) is 0 Å². The van der Waals surface area contributed by atoms with Crippen molar-refractivity contribution in [2.75, 3.05) is 11.9 Å². The van der Waals surface area contributed by atoms with E-state index in [1.807, 2.05) is 23.1 Å². The van der Waals surface area contributed by atoms with Gasteiger partial charge in [0.1, 0.15) is 0 Å². The van der Waals surface area contributed by atoms with Crippen molar-refractivity contribution in [1.82, 2.24) is 14.8 Å². The second-order valence-electron chi connectivity index (χ2n) is 4.24. The van der Waals surface area contributed by atoms with Crippen LogP contribution in [0.3, 0.4) is 0 Å². The lowest BCUT2D eigenvalue weighted by Gasteiger charge is -2.06. The normalized spacial score (nSPS) is 10.9. The Morgan fingerprint density at radius 1 is 1.29 bits per heavy atom. The number of anilines is 1. The maximum absolute atomic E-state index is 4.42. The van der Waals surface area contributed by atoms with Gasteiger partial charge in [-0.3, -0.25) is 0 Å². The van der Waals surface area contributed by atoms with Crippen LogP contribution < -0.4 is 5.32 Å². The van der Waals surface area contributed by atoms with Gasteiger partial charge < -0.3 is 5.32 Å². The number of hydrogen-bond donors (Lipinski definition) is 1. The molecular weight excluding hydrogens is 212 g/mol. The molecule has 2 aromatic rings. The van der Waals surface area contributed by atoms with Crippen LogP contribution in [0.4, 0.5) is 5.69 Å². The van der Waals surface area contributed by atoms with Crippen molar-refractivity contribution in [3.63, 3.8) is 0 Å². The van der Waals surface area contributed by atoms with E-state index < -0.39 is 0 Å². The number of nitrogens with zero attached hydrogens (tertiary/aromatic N) is 3. The lowest BCUT2D eigenvalue weighted by molar-refractivity contribution is 0.584. The van der Waals surface area contributed by atoms with Gasteiger partial charge >= 0.3 is 0 Å². The molecule has 2 rings (SSSR count). The summed E-state index contributed by atoms with van der Waals surface area (Å²) in [4.78, 5) is 4.42. The third-order valence-electron chi connectivity index (χ3n) is 2.83. The smallest absolute Gasteiger partial charge is 0.159 e. The van der Waals surface area contributed by atoms with Gasteiger partial charge in [-0.05, 0) is 18.9 Å². The highest BCUT2D eigenvalue weighted by Gasteiger charge is 2.07. The molecule has 1 N–H and O–H groups in total. The zero-order valence-electron chi connectivity index (χ0n) is 10.6. The minimum Gasteiger partial charge on any atom is -0.384 e. The van der Waals surface area contributed by atoms with Gasteiger partial charge in [0.2, 0.25) is 0 Å². The summed E-state index contributed by atoms with van der Waals surface area (Å²) < 4.78 is 2.00. The summed E-state index contributed by atoms with van der Waals surface area (Å²) in [5.41, 5.74) is 2.12. The molecule has 0 aromatic carbocycles. The van der Waals surface area contributed by atoms with Gasteiger partial charge in [-0.1, -0.05) is 20.3 Å². The molecule has 2 heterocycles. The molecule has 2 aromatic heterocycles. The van der Waals surface area contributed by atoms with E-state index in [0.717, 1.165) is 42.7 Å². The van der Waals surface area contributed by atoms with E-state index in [1.54, 1.807) is 0 Å². The first kappa shape index (κ1) is 11.9. The highest BCUT2D eigenvalue weighted by Crippen LogP contribution is 2.21. The largest absolute Gasteiger partial charge is 0.384 e. The monoisotopic (exact) mass is 232 g/mol. The van der Waals surface area contributed by atoms with E-state index in [9.17, 15) is 0 Å². The average Bonchev–Trinajstić information content (AvgIpc) is 2.77. The van der Waals surface area contributed by atoms with Gasteiger partial charge in [-0.2, -0.15) is 5.10 Å². The van der Waals surface area contributed by atoms with Crippen LogP contribution in [0.1, 0.15) is 33.1 Å². The van der Waals surface area contributed by atoms with Crippen LogP contribution in [0.2, 0.25) is 0 Å². The van der Waals surface area contributed by atoms with Crippen LogP contribution in [0.5, 0.6) is 0 Å². The van der Waals surface area contributed by atoms with Crippen molar-refractivity contribution < 1.29 is 0 Å². The number of aromatic nitrogens is 3. The molecule has 0 radical (unpaired) electrons. The predicted octanol–water partition coefficient (Wildman–Crippen LogP) is 3.05. The van der Waals surface area contributed by atoms with E-state index >= 15 is 0 Å². The van der Waals surface area contributed by atoms with Gasteiger partial charge in [-0.25, -0.2) is 9.67 Å². The van der Waals surface area contributed by atoms with Gasteiger partial charge in [0, 0.05) is 25.0 Å². The summed E-state index contributed by atoms with van der Waals surface area (Å²) in [7, 11) is 0. The maximum Gasteiger partial charge on any atom is 0.159 e. The zero-order valence-corrected chi connectivity index (χ0v) is 10.6. The van der Waals surface area contributed by atoms with Crippen LogP contribution in [-0.4, -0.2) is 21.3 Å². The van der Waals surface area contributed by atoms with Crippen LogP contribution in [0.15, 0.2) is 18.5 Å². The summed E-state index contributed by atoms with van der Waals surface area (Å²) in [5, 5.41) is 8.95. The fourth-order valence-electron chi connectivity index (χ4n) is 1.86. The van der Waals surface area contributed by atoms with E-state index in [1.165, 1.54) is 6.42 Å². The van der Waals surface area contributed by atoms with Crippen LogP contribution >= 0.6 is 0 Å². The second kappa shape index (κ2) is 5.66. The topological polar surface area (TPSA) is 42.7 Å². The third kappa shape index (κ3) is 2.57. The summed E-state index contributed by atoms with van der Waals surface area (Å²) in [6, 6.07) is 2.02. The number of pyridine rings is 1. The first-order valence-corrected chi connectivity index (χ1v) is 6.41. The van der Waals surface area contributed by atoms with Crippen LogP contribution in [-0.2, 0) is 6.54 Å². The molecule has 0 fully saturated rings. The Balaban J connectivity index is 2.28. The summed E-state index contributed by atoms with van der Waals surface area (Å²) >= 11 is 0. The van der Waals surface area contributed by atoms with E-state index in [-0.39, 0.29) is 0 Å². The Labute approximate surface area is 102 Å². The van der Waals surface area contributed by atoms with E-state index in [4.69, 9.17) is 0 Å². The quantitative estimate of drug-likeness (QED) is 0.832. The van der Waals surface area contributed by atoms with E-state index in [2.05, 4.69) is 29.2 Å². The van der Waals surface area contributed by atoms with Crippen LogP contribution in [0.25, 0.3) is 11.0 Å². The molecule has 17 heavy (non-hydrogen) atoms. The van der Waals surface area contributed by atoms with Crippen molar-refractivity contribution in [2.45, 2.75) is 39.7 Å². The number of aryl methyl sites for hydroxylation is 1. The standard InChI is InChI=1S/C13H20N4/c1-3-5-9-17-13-11(10-16-17)12(6-8-15-13)14-7-4-2/h6,8,10H,3-5,7,9H2,1-2H3,(H,14,15). The van der Waals surface area contributed by atoms with Crippen molar-refractivity contribution in [1.29, 1.82) is 0 Å². The summed E-state index contributed by atoms with van der Waals surface area (Å²) in [6.07, 6.45) is 7.20. The second-order valence-corrected chi connectivity index (χ2v) is 4.24. The molecule has 0 aliphatic carbocycles. The van der Waals surface area contributed by atoms with Crippen LogP contribution in [0, 0.1) is 0 Å². The van der Waals surface area contributed by atoms with Gasteiger partial charge in [0.15, 0.2) is 5.65 Å². The minimum absolute atomic E-state index is 0.949. The molecule has 0 unspecified atom stereocenters. The number of rotatable bonds is 6. The minimum atomic E-state index is 0.949.